The molecule has 0 aliphatic rings. The fourth-order valence-electron chi connectivity index (χ4n) is 4.45. The molecule has 0 aliphatic carbocycles. The smallest absolute Gasteiger partial charge is 0.268 e. The lowest BCUT2D eigenvalue weighted by molar-refractivity contribution is -0.481. The minimum absolute atomic E-state index is 0.334. The summed E-state index contributed by atoms with van der Waals surface area (Å²) in [5, 5.41) is 20.1. The van der Waals surface area contributed by atoms with Gasteiger partial charge >= 0.3 is 0 Å². The summed E-state index contributed by atoms with van der Waals surface area (Å²) in [5.41, 5.74) is 4.00. The van der Waals surface area contributed by atoms with E-state index in [1.165, 1.54) is 0 Å². The van der Waals surface area contributed by atoms with Crippen molar-refractivity contribution in [2.45, 2.75) is 12.8 Å². The molecule has 0 fully saturated rings. The molecule has 154 valence electrons. The second-order valence-corrected chi connectivity index (χ2v) is 7.71. The van der Waals surface area contributed by atoms with Crippen molar-refractivity contribution in [3.05, 3.63) is 104 Å². The van der Waals surface area contributed by atoms with Crippen LogP contribution in [0.3, 0.4) is 0 Å². The Hall–Kier alpha value is -4.13. The highest BCUT2D eigenvalue weighted by molar-refractivity contribution is 5.94. The van der Waals surface area contributed by atoms with Crippen LogP contribution in [0.15, 0.2) is 71.5 Å². The molecule has 3 N–H and O–H groups in total. The summed E-state index contributed by atoms with van der Waals surface area (Å²) >= 11 is 0. The number of H-pyrrole nitrogens is 3. The maximum absolute atomic E-state index is 12.6. The number of nitrogens with one attached hydrogen (secondary N) is 3. The largest absolute Gasteiger partial charge is 0.354 e. The average Bonchev–Trinajstić information content (AvgIpc) is 3.31. The standard InChI is InChI=1S/C24H20N4O3/c1-14-21(24(29)27-26-14)19(13-28(30)31)22-18-8-4-5-9-20(18)25-23(22)17-11-10-15-6-2-3-7-16(15)12-17/h2-12,19,25H,13H2,1H3,(H2,26,27,29). The second-order valence-electron chi connectivity index (χ2n) is 7.71. The fourth-order valence-corrected chi connectivity index (χ4v) is 4.45. The number of nitrogens with zero attached hydrogens (tertiary/aromatic N) is 1. The molecule has 7 nitrogen and oxygen atoms in total. The normalized spacial score (nSPS) is 12.4. The van der Waals surface area contributed by atoms with E-state index in [0.717, 1.165) is 38.5 Å². The Balaban J connectivity index is 1.82. The average molecular weight is 412 g/mol. The summed E-state index contributed by atoms with van der Waals surface area (Å²) < 4.78 is 0. The van der Waals surface area contributed by atoms with Gasteiger partial charge < -0.3 is 10.1 Å². The van der Waals surface area contributed by atoms with Crippen molar-refractivity contribution in [2.75, 3.05) is 6.54 Å². The quantitative estimate of drug-likeness (QED) is 0.287. The minimum Gasteiger partial charge on any atom is -0.354 e. The Morgan fingerprint density at radius 1 is 0.935 bits per heavy atom. The zero-order valence-corrected chi connectivity index (χ0v) is 16.8. The van der Waals surface area contributed by atoms with Crippen molar-refractivity contribution in [2.24, 2.45) is 0 Å². The maximum Gasteiger partial charge on any atom is 0.268 e. The van der Waals surface area contributed by atoms with Gasteiger partial charge in [-0.25, -0.2) is 0 Å². The van der Waals surface area contributed by atoms with E-state index < -0.39 is 5.92 Å². The maximum atomic E-state index is 12.6. The zero-order chi connectivity index (χ0) is 21.5. The van der Waals surface area contributed by atoms with Gasteiger partial charge in [-0.2, -0.15) is 0 Å². The fraction of sp³-hybridized carbons (Fsp3) is 0.125. The van der Waals surface area contributed by atoms with Crippen molar-refractivity contribution in [1.82, 2.24) is 15.2 Å². The highest BCUT2D eigenvalue weighted by atomic mass is 16.6. The molecule has 0 radical (unpaired) electrons. The van der Waals surface area contributed by atoms with Gasteiger partial charge in [0.1, 0.15) is 0 Å². The van der Waals surface area contributed by atoms with Crippen molar-refractivity contribution < 1.29 is 4.92 Å². The van der Waals surface area contributed by atoms with Gasteiger partial charge in [0.15, 0.2) is 0 Å². The summed E-state index contributed by atoms with van der Waals surface area (Å²) in [5.74, 6) is -0.706. The predicted octanol–water partition coefficient (Wildman–Crippen LogP) is 4.72. The van der Waals surface area contributed by atoms with Crippen LogP contribution in [0, 0.1) is 17.0 Å². The molecule has 2 aromatic heterocycles. The van der Waals surface area contributed by atoms with Crippen LogP contribution < -0.4 is 5.56 Å². The number of hydrogen-bond acceptors (Lipinski definition) is 3. The monoisotopic (exact) mass is 412 g/mol. The zero-order valence-electron chi connectivity index (χ0n) is 16.8. The van der Waals surface area contributed by atoms with E-state index in [9.17, 15) is 14.9 Å². The van der Waals surface area contributed by atoms with E-state index in [1.54, 1.807) is 6.92 Å². The van der Waals surface area contributed by atoms with Crippen LogP contribution in [0.2, 0.25) is 0 Å². The van der Waals surface area contributed by atoms with Crippen LogP contribution in [0.1, 0.15) is 22.7 Å². The van der Waals surface area contributed by atoms with Crippen LogP contribution in [-0.2, 0) is 0 Å². The van der Waals surface area contributed by atoms with Crippen LogP contribution in [0.4, 0.5) is 0 Å². The Kier molecular flexibility index (Phi) is 4.43. The number of aromatic nitrogens is 3. The third-order valence-electron chi connectivity index (χ3n) is 5.83. The van der Waals surface area contributed by atoms with Crippen LogP contribution in [0.5, 0.6) is 0 Å². The Morgan fingerprint density at radius 3 is 2.42 bits per heavy atom. The number of aryl methyl sites for hydroxylation is 1. The summed E-state index contributed by atoms with van der Waals surface area (Å²) in [4.78, 5) is 27.3. The Labute approximate surface area is 176 Å². The van der Waals surface area contributed by atoms with E-state index in [1.807, 2.05) is 60.7 Å². The van der Waals surface area contributed by atoms with E-state index in [2.05, 4.69) is 21.2 Å². The van der Waals surface area contributed by atoms with Gasteiger partial charge in [-0.1, -0.05) is 54.6 Å². The molecule has 2 heterocycles. The SMILES string of the molecule is Cc1[nH][nH]c(=O)c1C(C[N+](=O)[O-])c1c(-c2ccc3ccccc3c2)[nH]c2ccccc12. The molecule has 5 rings (SSSR count). The van der Waals surface area contributed by atoms with Gasteiger partial charge in [0.25, 0.3) is 5.56 Å². The number of para-hydroxylation sites is 1. The van der Waals surface area contributed by atoms with Crippen LogP contribution in [-0.4, -0.2) is 26.6 Å². The predicted molar refractivity (Wildman–Crippen MR) is 121 cm³/mol. The van der Waals surface area contributed by atoms with E-state index in [-0.39, 0.29) is 17.0 Å². The molecule has 1 unspecified atom stereocenters. The summed E-state index contributed by atoms with van der Waals surface area (Å²) in [7, 11) is 0. The second kappa shape index (κ2) is 7.28. The number of nitro groups is 1. The molecule has 0 aliphatic heterocycles. The molecule has 3 aromatic carbocycles. The first-order chi connectivity index (χ1) is 15.0. The number of fused-ring (bicyclic) bond motifs is 2. The number of aromatic amines is 3. The third kappa shape index (κ3) is 3.20. The van der Waals surface area contributed by atoms with E-state index in [0.29, 0.717) is 11.3 Å². The molecule has 5 aromatic rings. The van der Waals surface area contributed by atoms with E-state index >= 15 is 0 Å². The summed E-state index contributed by atoms with van der Waals surface area (Å²) in [6.45, 7) is 1.37. The highest BCUT2D eigenvalue weighted by Crippen LogP contribution is 2.39. The molecule has 0 saturated carbocycles. The molecule has 31 heavy (non-hydrogen) atoms. The molecule has 0 bridgehead atoms. The summed E-state index contributed by atoms with van der Waals surface area (Å²) in [6.07, 6.45) is 0. The van der Waals surface area contributed by atoms with Gasteiger partial charge in [-0.3, -0.25) is 20.0 Å². The lowest BCUT2D eigenvalue weighted by Crippen LogP contribution is -2.21. The van der Waals surface area contributed by atoms with Crippen molar-refractivity contribution in [1.29, 1.82) is 0 Å². The molecule has 0 spiro atoms. The van der Waals surface area contributed by atoms with Gasteiger partial charge in [0.2, 0.25) is 6.54 Å². The van der Waals surface area contributed by atoms with Gasteiger partial charge in [0.05, 0.1) is 17.2 Å². The molecule has 0 saturated heterocycles. The topological polar surface area (TPSA) is 108 Å². The summed E-state index contributed by atoms with van der Waals surface area (Å²) in [6, 6.07) is 21.9. The van der Waals surface area contributed by atoms with Gasteiger partial charge in [-0.15, -0.1) is 0 Å². The highest BCUT2D eigenvalue weighted by Gasteiger charge is 2.31. The lowest BCUT2D eigenvalue weighted by Gasteiger charge is -2.15. The van der Waals surface area contributed by atoms with Gasteiger partial charge in [-0.05, 0) is 41.0 Å². The third-order valence-corrected chi connectivity index (χ3v) is 5.83. The molecule has 1 atom stereocenters. The molecule has 7 heteroatoms. The molecule has 0 amide bonds. The van der Waals surface area contributed by atoms with Crippen LogP contribution >= 0.6 is 0 Å². The first-order valence-electron chi connectivity index (χ1n) is 10.0. The number of benzene rings is 3. The Bertz CT molecular complexity index is 1490. The first kappa shape index (κ1) is 18.9. The van der Waals surface area contributed by atoms with Crippen molar-refractivity contribution >= 4 is 21.7 Å². The Morgan fingerprint density at radius 2 is 1.68 bits per heavy atom. The molecular formula is C24H20N4O3. The van der Waals surface area contributed by atoms with Crippen LogP contribution in [0.25, 0.3) is 32.9 Å². The van der Waals surface area contributed by atoms with Crippen molar-refractivity contribution in [3.63, 3.8) is 0 Å². The molecular weight excluding hydrogens is 392 g/mol. The first-order valence-corrected chi connectivity index (χ1v) is 10.0. The van der Waals surface area contributed by atoms with Crippen molar-refractivity contribution in [3.8, 4) is 11.3 Å². The van der Waals surface area contributed by atoms with E-state index in [4.69, 9.17) is 0 Å². The lowest BCUT2D eigenvalue weighted by atomic mass is 9.87. The van der Waals surface area contributed by atoms with Gasteiger partial charge in [0, 0.05) is 21.5 Å². The number of hydrogen-bond donors (Lipinski definition) is 3. The number of rotatable bonds is 5. The minimum atomic E-state index is -0.706.